The van der Waals surface area contributed by atoms with Crippen LogP contribution < -0.4 is 24.6 Å². The van der Waals surface area contributed by atoms with Crippen LogP contribution in [0.4, 0.5) is 11.4 Å². The summed E-state index contributed by atoms with van der Waals surface area (Å²) in [6.07, 6.45) is 5.38. The molecule has 6 heteroatoms. The molecule has 2 aliphatic heterocycles. The molecule has 158 valence electrons. The number of benzene rings is 2. The molecule has 0 unspecified atom stereocenters. The Morgan fingerprint density at radius 2 is 1.70 bits per heavy atom. The molecule has 1 amide bonds. The van der Waals surface area contributed by atoms with E-state index in [4.69, 9.17) is 9.47 Å². The van der Waals surface area contributed by atoms with Crippen molar-refractivity contribution >= 4 is 17.3 Å². The van der Waals surface area contributed by atoms with Crippen molar-refractivity contribution < 1.29 is 19.2 Å². The number of ether oxygens (including phenoxy) is 2. The van der Waals surface area contributed by atoms with E-state index in [1.54, 1.807) is 0 Å². The van der Waals surface area contributed by atoms with Gasteiger partial charge in [-0.25, -0.2) is 0 Å². The number of hydrogen-bond donors (Lipinski definition) is 2. The molecule has 0 atom stereocenters. The number of rotatable bonds is 4. The fraction of sp³-hybridized carbons (Fsp3) is 0.458. The van der Waals surface area contributed by atoms with Gasteiger partial charge in [-0.3, -0.25) is 4.79 Å². The highest BCUT2D eigenvalue weighted by Crippen LogP contribution is 2.46. The second-order valence-corrected chi connectivity index (χ2v) is 8.63. The first-order chi connectivity index (χ1) is 14.7. The number of carbonyl (C=O) groups excluding carboxylic acids is 1. The van der Waals surface area contributed by atoms with Crippen LogP contribution in [0, 0.1) is 0 Å². The maximum Gasteiger partial charge on any atom is 0.279 e. The number of nitrogens with one attached hydrogen (secondary N) is 2. The van der Waals surface area contributed by atoms with Gasteiger partial charge in [0.15, 0.2) is 18.0 Å². The molecular formula is C24H30N3O3+. The lowest BCUT2D eigenvalue weighted by Crippen LogP contribution is -3.15. The molecule has 5 rings (SSSR count). The van der Waals surface area contributed by atoms with E-state index in [1.165, 1.54) is 17.0 Å². The minimum Gasteiger partial charge on any atom is -0.448 e. The Balaban J connectivity index is 1.13. The summed E-state index contributed by atoms with van der Waals surface area (Å²) in [6, 6.07) is 16.2. The summed E-state index contributed by atoms with van der Waals surface area (Å²) in [6.45, 7) is 4.36. The van der Waals surface area contributed by atoms with Crippen molar-refractivity contribution in [2.24, 2.45) is 0 Å². The van der Waals surface area contributed by atoms with Gasteiger partial charge in [0, 0.05) is 30.3 Å². The van der Waals surface area contributed by atoms with Crippen molar-refractivity contribution in [3.63, 3.8) is 0 Å². The van der Waals surface area contributed by atoms with Gasteiger partial charge < -0.3 is 24.6 Å². The van der Waals surface area contributed by atoms with E-state index in [2.05, 4.69) is 34.5 Å². The second kappa shape index (κ2) is 8.19. The van der Waals surface area contributed by atoms with E-state index < -0.39 is 5.79 Å². The van der Waals surface area contributed by atoms with E-state index in [-0.39, 0.29) is 5.91 Å². The lowest BCUT2D eigenvalue weighted by Gasteiger charge is -2.33. The maximum absolute atomic E-state index is 12.6. The third-order valence-electron chi connectivity index (χ3n) is 6.44. The van der Waals surface area contributed by atoms with Gasteiger partial charge in [0.2, 0.25) is 0 Å². The average Bonchev–Trinajstić information content (AvgIpc) is 3.11. The zero-order valence-corrected chi connectivity index (χ0v) is 17.4. The van der Waals surface area contributed by atoms with Crippen molar-refractivity contribution in [1.29, 1.82) is 0 Å². The zero-order valence-electron chi connectivity index (χ0n) is 17.4. The molecule has 0 radical (unpaired) electrons. The van der Waals surface area contributed by atoms with Gasteiger partial charge in [-0.2, -0.15) is 0 Å². The number of nitrogens with zero attached hydrogens (tertiary/aromatic N) is 1. The first kappa shape index (κ1) is 19.2. The predicted octanol–water partition coefficient (Wildman–Crippen LogP) is 2.46. The standard InChI is InChI=1S/C24H29N3O3/c28-23(18-26-13-15-27(16-14-26)20-7-3-1-4-8-20)25-19-9-10-21-22(17-19)30-24(29-21)11-5-2-6-12-24/h1,3-4,7-10,17H,2,5-6,11-16,18H2,(H,25,28)/p+1. The van der Waals surface area contributed by atoms with Crippen LogP contribution in [-0.4, -0.2) is 44.4 Å². The van der Waals surface area contributed by atoms with E-state index in [9.17, 15) is 4.79 Å². The molecule has 2 heterocycles. The quantitative estimate of drug-likeness (QED) is 0.816. The van der Waals surface area contributed by atoms with Crippen LogP contribution in [0.25, 0.3) is 0 Å². The first-order valence-electron chi connectivity index (χ1n) is 11.1. The number of piperazine rings is 1. The number of fused-ring (bicyclic) bond motifs is 1. The Kier molecular flexibility index (Phi) is 5.25. The van der Waals surface area contributed by atoms with Crippen molar-refractivity contribution in [3.8, 4) is 11.5 Å². The Morgan fingerprint density at radius 1 is 0.967 bits per heavy atom. The fourth-order valence-corrected chi connectivity index (χ4v) is 4.80. The first-order valence-corrected chi connectivity index (χ1v) is 11.1. The molecule has 1 aliphatic carbocycles. The lowest BCUT2D eigenvalue weighted by atomic mass is 9.94. The van der Waals surface area contributed by atoms with E-state index in [0.29, 0.717) is 6.54 Å². The highest BCUT2D eigenvalue weighted by molar-refractivity contribution is 5.91. The van der Waals surface area contributed by atoms with Crippen molar-refractivity contribution in [2.45, 2.75) is 37.9 Å². The van der Waals surface area contributed by atoms with Crippen molar-refractivity contribution in [3.05, 3.63) is 48.5 Å². The van der Waals surface area contributed by atoms with E-state index in [1.807, 2.05) is 24.3 Å². The lowest BCUT2D eigenvalue weighted by molar-refractivity contribution is -0.892. The molecule has 30 heavy (non-hydrogen) atoms. The Hall–Kier alpha value is -2.73. The molecule has 1 saturated heterocycles. The minimum absolute atomic E-state index is 0.0457. The van der Waals surface area contributed by atoms with Crippen LogP contribution in [0.2, 0.25) is 0 Å². The summed E-state index contributed by atoms with van der Waals surface area (Å²) < 4.78 is 12.3. The predicted molar refractivity (Wildman–Crippen MR) is 116 cm³/mol. The van der Waals surface area contributed by atoms with Crippen molar-refractivity contribution in [1.82, 2.24) is 0 Å². The molecule has 3 aliphatic rings. The van der Waals surface area contributed by atoms with Gasteiger partial charge in [-0.05, 0) is 37.1 Å². The zero-order chi connectivity index (χ0) is 20.4. The summed E-state index contributed by atoms with van der Waals surface area (Å²) in [5.41, 5.74) is 2.04. The van der Waals surface area contributed by atoms with E-state index >= 15 is 0 Å². The summed E-state index contributed by atoms with van der Waals surface area (Å²) in [7, 11) is 0. The van der Waals surface area contributed by atoms with Crippen LogP contribution in [0.3, 0.4) is 0 Å². The number of anilines is 2. The normalized spacial score (nSPS) is 20.3. The van der Waals surface area contributed by atoms with Gasteiger partial charge in [0.1, 0.15) is 0 Å². The van der Waals surface area contributed by atoms with Gasteiger partial charge in [0.05, 0.1) is 26.2 Å². The van der Waals surface area contributed by atoms with Gasteiger partial charge in [-0.15, -0.1) is 0 Å². The fourth-order valence-electron chi connectivity index (χ4n) is 4.80. The van der Waals surface area contributed by atoms with E-state index in [0.717, 1.165) is 69.0 Å². The average molecular weight is 409 g/mol. The van der Waals surface area contributed by atoms with Gasteiger partial charge >= 0.3 is 0 Å². The largest absolute Gasteiger partial charge is 0.448 e. The summed E-state index contributed by atoms with van der Waals surface area (Å²) in [4.78, 5) is 16.3. The highest BCUT2D eigenvalue weighted by Gasteiger charge is 2.42. The number of amides is 1. The Bertz CT molecular complexity index is 888. The smallest absolute Gasteiger partial charge is 0.279 e. The molecule has 1 spiro atoms. The number of para-hydroxylation sites is 1. The molecule has 0 bridgehead atoms. The SMILES string of the molecule is O=C(C[NH+]1CCN(c2ccccc2)CC1)Nc1ccc2c(c1)OC1(CCCCC1)O2. The molecule has 2 fully saturated rings. The summed E-state index contributed by atoms with van der Waals surface area (Å²) in [5, 5.41) is 3.04. The Labute approximate surface area is 177 Å². The van der Waals surface area contributed by atoms with Gasteiger partial charge in [-0.1, -0.05) is 24.6 Å². The third-order valence-corrected chi connectivity index (χ3v) is 6.44. The monoisotopic (exact) mass is 408 g/mol. The number of hydrogen-bond acceptors (Lipinski definition) is 4. The maximum atomic E-state index is 12.6. The summed E-state index contributed by atoms with van der Waals surface area (Å²) in [5.74, 6) is 1.10. The molecular weight excluding hydrogens is 378 g/mol. The third kappa shape index (κ3) is 4.10. The van der Waals surface area contributed by atoms with Crippen LogP contribution in [0.15, 0.2) is 48.5 Å². The second-order valence-electron chi connectivity index (χ2n) is 8.63. The van der Waals surface area contributed by atoms with Crippen LogP contribution in [-0.2, 0) is 4.79 Å². The topological polar surface area (TPSA) is 55.2 Å². The molecule has 2 aromatic carbocycles. The number of quaternary nitrogens is 1. The van der Waals surface area contributed by atoms with Crippen LogP contribution in [0.1, 0.15) is 32.1 Å². The van der Waals surface area contributed by atoms with Crippen LogP contribution in [0.5, 0.6) is 11.5 Å². The summed E-state index contributed by atoms with van der Waals surface area (Å²) >= 11 is 0. The molecule has 2 aromatic rings. The van der Waals surface area contributed by atoms with Crippen LogP contribution >= 0.6 is 0 Å². The van der Waals surface area contributed by atoms with Crippen molar-refractivity contribution in [2.75, 3.05) is 42.9 Å². The van der Waals surface area contributed by atoms with Gasteiger partial charge in [0.25, 0.3) is 11.7 Å². The molecule has 0 aromatic heterocycles. The highest BCUT2D eigenvalue weighted by atomic mass is 16.7. The molecule has 1 saturated carbocycles. The minimum atomic E-state index is -0.480. The molecule has 6 nitrogen and oxygen atoms in total. The Morgan fingerprint density at radius 3 is 2.47 bits per heavy atom. The number of carbonyl (C=O) groups is 1. The molecule has 2 N–H and O–H groups in total.